The normalized spacial score (nSPS) is 20.0. The van der Waals surface area contributed by atoms with Crippen molar-refractivity contribution in [2.75, 3.05) is 0 Å². The van der Waals surface area contributed by atoms with Crippen molar-refractivity contribution in [2.45, 2.75) is 32.6 Å². The zero-order valence-corrected chi connectivity index (χ0v) is 13.9. The molecule has 0 amide bonds. The van der Waals surface area contributed by atoms with Gasteiger partial charge < -0.3 is 0 Å². The number of nitrogens with zero attached hydrogens (tertiary/aromatic N) is 3. The molecule has 2 heterocycles. The van der Waals surface area contributed by atoms with Gasteiger partial charge in [-0.05, 0) is 42.6 Å². The highest BCUT2D eigenvalue weighted by molar-refractivity contribution is 6.33. The smallest absolute Gasteiger partial charge is 0.222 e. The Bertz CT molecular complexity index is 804. The summed E-state index contributed by atoms with van der Waals surface area (Å²) in [6.45, 7) is 6.06. The molecule has 0 radical (unpaired) electrons. The first-order valence-electron chi connectivity index (χ1n) is 6.95. The second kappa shape index (κ2) is 5.28. The van der Waals surface area contributed by atoms with Crippen molar-refractivity contribution in [3.8, 4) is 11.3 Å². The minimum atomic E-state index is -0.380. The molecule has 0 saturated heterocycles. The van der Waals surface area contributed by atoms with Gasteiger partial charge in [0.25, 0.3) is 0 Å². The SMILES string of the molecule is CC[C@]1(C)C(C)=Nc2c(F)cc(-c3nc(Cl)ncc3Cl)cc21. The third-order valence-corrected chi connectivity index (χ3v) is 4.89. The summed E-state index contributed by atoms with van der Waals surface area (Å²) in [5, 5.41) is 0.406. The van der Waals surface area contributed by atoms with Gasteiger partial charge in [0.2, 0.25) is 5.28 Å². The molecule has 0 spiro atoms. The lowest BCUT2D eigenvalue weighted by Crippen LogP contribution is -2.26. The summed E-state index contributed by atoms with van der Waals surface area (Å²) in [4.78, 5) is 12.3. The molecule has 0 bridgehead atoms. The van der Waals surface area contributed by atoms with Crippen LogP contribution < -0.4 is 0 Å². The van der Waals surface area contributed by atoms with Crippen LogP contribution in [0.1, 0.15) is 32.8 Å². The van der Waals surface area contributed by atoms with Crippen LogP contribution in [0, 0.1) is 5.82 Å². The van der Waals surface area contributed by atoms with Crippen molar-refractivity contribution in [1.29, 1.82) is 0 Å². The summed E-state index contributed by atoms with van der Waals surface area (Å²) in [5.41, 5.74) is 2.89. The Balaban J connectivity index is 2.24. The van der Waals surface area contributed by atoms with Crippen LogP contribution in [-0.4, -0.2) is 15.7 Å². The number of halogens is 3. The fourth-order valence-corrected chi connectivity index (χ4v) is 3.08. The van der Waals surface area contributed by atoms with Crippen LogP contribution in [0.4, 0.5) is 10.1 Å². The maximum atomic E-state index is 14.5. The Morgan fingerprint density at radius 2 is 2.00 bits per heavy atom. The molecule has 2 aromatic rings. The molecule has 0 N–H and O–H groups in total. The Hall–Kier alpha value is -1.52. The van der Waals surface area contributed by atoms with Gasteiger partial charge in [0.1, 0.15) is 11.5 Å². The molecule has 1 aromatic carbocycles. The van der Waals surface area contributed by atoms with Crippen molar-refractivity contribution < 1.29 is 4.39 Å². The van der Waals surface area contributed by atoms with Gasteiger partial charge in [-0.25, -0.2) is 14.4 Å². The van der Waals surface area contributed by atoms with Gasteiger partial charge in [-0.15, -0.1) is 0 Å². The van der Waals surface area contributed by atoms with Crippen LogP contribution in [0.2, 0.25) is 10.3 Å². The average molecular weight is 338 g/mol. The molecule has 6 heteroatoms. The molecule has 1 aliphatic rings. The number of rotatable bonds is 2. The molecule has 114 valence electrons. The standard InChI is InChI=1S/C16H14Cl2FN3/c1-4-16(3)8(2)21-14-10(16)5-9(6-12(14)19)13-11(17)7-20-15(18)22-13/h5-7H,4H2,1-3H3/t16-/m1/s1. The van der Waals surface area contributed by atoms with E-state index in [2.05, 4.69) is 28.8 Å². The van der Waals surface area contributed by atoms with E-state index in [1.807, 2.05) is 13.0 Å². The van der Waals surface area contributed by atoms with Crippen molar-refractivity contribution in [3.05, 3.63) is 40.0 Å². The Labute approximate surface area is 138 Å². The van der Waals surface area contributed by atoms with Gasteiger partial charge in [-0.1, -0.05) is 25.4 Å². The number of fused-ring (bicyclic) bond motifs is 1. The number of hydrogen-bond acceptors (Lipinski definition) is 3. The van der Waals surface area contributed by atoms with Crippen LogP contribution in [0.5, 0.6) is 0 Å². The predicted molar refractivity (Wildman–Crippen MR) is 87.9 cm³/mol. The maximum absolute atomic E-state index is 14.5. The lowest BCUT2D eigenvalue weighted by atomic mass is 9.77. The zero-order chi connectivity index (χ0) is 16.1. The molecule has 0 unspecified atom stereocenters. The van der Waals surface area contributed by atoms with Gasteiger partial charge in [-0.2, -0.15) is 0 Å². The van der Waals surface area contributed by atoms with Crippen molar-refractivity contribution in [2.24, 2.45) is 4.99 Å². The second-order valence-corrected chi connectivity index (χ2v) is 6.32. The lowest BCUT2D eigenvalue weighted by Gasteiger charge is -2.24. The third kappa shape index (κ3) is 2.22. The Kier molecular flexibility index (Phi) is 3.69. The van der Waals surface area contributed by atoms with E-state index in [4.69, 9.17) is 23.2 Å². The molecule has 3 rings (SSSR count). The molecule has 1 aliphatic heterocycles. The van der Waals surface area contributed by atoms with Crippen LogP contribution in [0.15, 0.2) is 23.3 Å². The molecule has 22 heavy (non-hydrogen) atoms. The monoisotopic (exact) mass is 337 g/mol. The first kappa shape index (κ1) is 15.4. The third-order valence-electron chi connectivity index (χ3n) is 4.43. The lowest BCUT2D eigenvalue weighted by molar-refractivity contribution is 0.607. The summed E-state index contributed by atoms with van der Waals surface area (Å²) in [7, 11) is 0. The molecule has 0 fully saturated rings. The van der Waals surface area contributed by atoms with E-state index >= 15 is 0 Å². The van der Waals surface area contributed by atoms with E-state index in [1.54, 1.807) is 0 Å². The van der Waals surface area contributed by atoms with Gasteiger partial charge >= 0.3 is 0 Å². The number of hydrogen-bond donors (Lipinski definition) is 0. The summed E-state index contributed by atoms with van der Waals surface area (Å²) in [5.74, 6) is -0.380. The highest BCUT2D eigenvalue weighted by Gasteiger charge is 2.37. The van der Waals surface area contributed by atoms with E-state index in [0.29, 0.717) is 22.0 Å². The highest BCUT2D eigenvalue weighted by atomic mass is 35.5. The van der Waals surface area contributed by atoms with E-state index in [9.17, 15) is 4.39 Å². The minimum Gasteiger partial charge on any atom is -0.254 e. The number of aromatic nitrogens is 2. The van der Waals surface area contributed by atoms with Crippen LogP contribution in [0.3, 0.4) is 0 Å². The molecule has 3 nitrogen and oxygen atoms in total. The molecule has 0 saturated carbocycles. The largest absolute Gasteiger partial charge is 0.254 e. The predicted octanol–water partition coefficient (Wildman–Crippen LogP) is 5.36. The first-order valence-corrected chi connectivity index (χ1v) is 7.70. The zero-order valence-electron chi connectivity index (χ0n) is 12.4. The summed E-state index contributed by atoms with van der Waals surface area (Å²) in [6, 6.07) is 3.29. The second-order valence-electron chi connectivity index (χ2n) is 5.57. The molecule has 1 atom stereocenters. The fraction of sp³-hybridized carbons (Fsp3) is 0.312. The quantitative estimate of drug-likeness (QED) is 0.691. The maximum Gasteiger partial charge on any atom is 0.222 e. The minimum absolute atomic E-state index is 0.0750. The highest BCUT2D eigenvalue weighted by Crippen LogP contribution is 2.45. The van der Waals surface area contributed by atoms with E-state index < -0.39 is 0 Å². The topological polar surface area (TPSA) is 38.1 Å². The van der Waals surface area contributed by atoms with Gasteiger partial charge in [0.15, 0.2) is 0 Å². The Morgan fingerprint density at radius 3 is 2.68 bits per heavy atom. The number of benzene rings is 1. The Morgan fingerprint density at radius 1 is 1.27 bits per heavy atom. The first-order chi connectivity index (χ1) is 10.4. The van der Waals surface area contributed by atoms with Crippen molar-refractivity contribution >= 4 is 34.6 Å². The van der Waals surface area contributed by atoms with E-state index in [-0.39, 0.29) is 16.5 Å². The average Bonchev–Trinajstić information content (AvgIpc) is 2.75. The molecule has 0 aliphatic carbocycles. The van der Waals surface area contributed by atoms with E-state index in [1.165, 1.54) is 12.3 Å². The van der Waals surface area contributed by atoms with Crippen LogP contribution in [-0.2, 0) is 5.41 Å². The van der Waals surface area contributed by atoms with Gasteiger partial charge in [-0.3, -0.25) is 4.99 Å². The van der Waals surface area contributed by atoms with Crippen LogP contribution in [0.25, 0.3) is 11.3 Å². The van der Waals surface area contributed by atoms with Crippen molar-refractivity contribution in [3.63, 3.8) is 0 Å². The molecular formula is C16H14Cl2FN3. The summed E-state index contributed by atoms with van der Waals surface area (Å²) < 4.78 is 14.5. The van der Waals surface area contributed by atoms with E-state index in [0.717, 1.165) is 17.7 Å². The molecular weight excluding hydrogens is 324 g/mol. The fourth-order valence-electron chi connectivity index (χ4n) is 2.75. The summed E-state index contributed by atoms with van der Waals surface area (Å²) >= 11 is 12.0. The van der Waals surface area contributed by atoms with Gasteiger partial charge in [0.05, 0.1) is 16.9 Å². The van der Waals surface area contributed by atoms with Crippen molar-refractivity contribution in [1.82, 2.24) is 9.97 Å². The van der Waals surface area contributed by atoms with Gasteiger partial charge in [0, 0.05) is 16.7 Å². The summed E-state index contributed by atoms with van der Waals surface area (Å²) in [6.07, 6.45) is 2.24. The van der Waals surface area contributed by atoms with Crippen LogP contribution >= 0.6 is 23.2 Å². The molecule has 1 aromatic heterocycles. The number of aliphatic imine (C=N–C) groups is 1.